The topological polar surface area (TPSA) is 83.0 Å². The summed E-state index contributed by atoms with van der Waals surface area (Å²) in [6.07, 6.45) is 2.37. The third kappa shape index (κ3) is 4.10. The second kappa shape index (κ2) is 8.86. The monoisotopic (exact) mass is 413 g/mol. The molecule has 0 aromatic carbocycles. The van der Waals surface area contributed by atoms with Gasteiger partial charge in [-0.3, -0.25) is 19.5 Å². The summed E-state index contributed by atoms with van der Waals surface area (Å²) in [6.45, 7) is 4.47. The number of carbonyl (C=O) groups excluding carboxylic acids is 2. The average molecular weight is 413 g/mol. The first kappa shape index (κ1) is 19.8. The van der Waals surface area contributed by atoms with Gasteiger partial charge >= 0.3 is 0 Å². The highest BCUT2D eigenvalue weighted by molar-refractivity contribution is 7.12. The first-order valence-corrected chi connectivity index (χ1v) is 10.6. The first-order chi connectivity index (χ1) is 14.2. The van der Waals surface area contributed by atoms with E-state index in [2.05, 4.69) is 9.88 Å². The van der Waals surface area contributed by atoms with Crippen molar-refractivity contribution in [2.75, 3.05) is 39.4 Å². The molecule has 1 fully saturated rings. The number of aliphatic hydroxyl groups excluding tert-OH is 1. The number of aliphatic hydroxyl groups is 1. The number of hydrogen-bond donors (Lipinski definition) is 1. The summed E-state index contributed by atoms with van der Waals surface area (Å²) in [5.74, 6) is -1.30. The summed E-state index contributed by atoms with van der Waals surface area (Å²) >= 11 is 1.29. The van der Waals surface area contributed by atoms with E-state index in [-0.39, 0.29) is 11.4 Å². The molecule has 0 radical (unpaired) electrons. The van der Waals surface area contributed by atoms with Gasteiger partial charge in [0.15, 0.2) is 5.76 Å². The van der Waals surface area contributed by atoms with Crippen LogP contribution in [0.1, 0.15) is 27.8 Å². The molecule has 0 spiro atoms. The van der Waals surface area contributed by atoms with Crippen LogP contribution in [0.3, 0.4) is 0 Å². The van der Waals surface area contributed by atoms with Crippen LogP contribution in [-0.2, 0) is 9.53 Å². The predicted molar refractivity (Wildman–Crippen MR) is 109 cm³/mol. The van der Waals surface area contributed by atoms with Crippen molar-refractivity contribution in [3.63, 3.8) is 0 Å². The normalized spacial score (nSPS) is 20.5. The van der Waals surface area contributed by atoms with E-state index in [1.807, 2.05) is 6.07 Å². The van der Waals surface area contributed by atoms with Crippen molar-refractivity contribution in [3.05, 3.63) is 63.8 Å². The van der Waals surface area contributed by atoms with E-state index in [9.17, 15) is 14.7 Å². The largest absolute Gasteiger partial charge is 0.503 e. The van der Waals surface area contributed by atoms with E-state index < -0.39 is 17.7 Å². The second-order valence-corrected chi connectivity index (χ2v) is 7.98. The number of hydrogen-bond acceptors (Lipinski definition) is 7. The van der Waals surface area contributed by atoms with Gasteiger partial charge in [0.1, 0.15) is 6.04 Å². The summed E-state index contributed by atoms with van der Waals surface area (Å²) in [4.78, 5) is 34.7. The zero-order valence-corrected chi connectivity index (χ0v) is 16.8. The number of rotatable bonds is 7. The minimum Gasteiger partial charge on any atom is -0.503 e. The van der Waals surface area contributed by atoms with Crippen LogP contribution in [0.15, 0.2) is 53.2 Å². The third-order valence-corrected chi connectivity index (χ3v) is 6.11. The van der Waals surface area contributed by atoms with Gasteiger partial charge in [0.25, 0.3) is 5.91 Å². The zero-order chi connectivity index (χ0) is 20.2. The van der Waals surface area contributed by atoms with E-state index in [0.717, 1.165) is 39.3 Å². The van der Waals surface area contributed by atoms with Crippen molar-refractivity contribution < 1.29 is 19.4 Å². The third-order valence-electron chi connectivity index (χ3n) is 5.24. The molecule has 1 saturated heterocycles. The Hall–Kier alpha value is -2.55. The number of ketones is 1. The van der Waals surface area contributed by atoms with Crippen LogP contribution >= 0.6 is 11.3 Å². The summed E-state index contributed by atoms with van der Waals surface area (Å²) in [5, 5.41) is 12.4. The molecule has 8 heteroatoms. The van der Waals surface area contributed by atoms with E-state index in [1.54, 1.807) is 40.7 Å². The summed E-state index contributed by atoms with van der Waals surface area (Å²) in [7, 11) is 0. The molecule has 2 aromatic rings. The van der Waals surface area contributed by atoms with Crippen LogP contribution in [0.5, 0.6) is 0 Å². The highest BCUT2D eigenvalue weighted by Gasteiger charge is 2.44. The molecule has 7 nitrogen and oxygen atoms in total. The average Bonchev–Trinajstić information content (AvgIpc) is 3.38. The molecule has 0 aliphatic carbocycles. The fraction of sp³-hybridized carbons (Fsp3) is 0.381. The molecule has 0 saturated carbocycles. The predicted octanol–water partition coefficient (Wildman–Crippen LogP) is 2.44. The SMILES string of the molecule is O=C(C1=C(O)C(=O)N(CCCN2CCOCC2)[C@@H]1c1ccccn1)c1cccs1. The molecular weight excluding hydrogens is 390 g/mol. The molecule has 1 amide bonds. The highest BCUT2D eigenvalue weighted by Crippen LogP contribution is 2.38. The molecule has 4 rings (SSSR count). The lowest BCUT2D eigenvalue weighted by atomic mass is 9.99. The minimum atomic E-state index is -0.678. The Kier molecular flexibility index (Phi) is 6.03. The van der Waals surface area contributed by atoms with Crippen LogP contribution in [0.2, 0.25) is 0 Å². The first-order valence-electron chi connectivity index (χ1n) is 9.70. The van der Waals surface area contributed by atoms with Gasteiger partial charge in [-0.25, -0.2) is 0 Å². The van der Waals surface area contributed by atoms with Gasteiger partial charge < -0.3 is 14.7 Å². The number of amides is 1. The van der Waals surface area contributed by atoms with Crippen LogP contribution in [0, 0.1) is 0 Å². The Morgan fingerprint density at radius 2 is 2.03 bits per heavy atom. The Balaban J connectivity index is 1.57. The molecule has 0 bridgehead atoms. The Bertz CT molecular complexity index is 892. The number of thiophene rings is 1. The van der Waals surface area contributed by atoms with E-state index in [1.165, 1.54) is 11.3 Å². The van der Waals surface area contributed by atoms with Gasteiger partial charge in [-0.1, -0.05) is 12.1 Å². The zero-order valence-electron chi connectivity index (χ0n) is 16.0. The summed E-state index contributed by atoms with van der Waals surface area (Å²) < 4.78 is 5.37. The highest BCUT2D eigenvalue weighted by atomic mass is 32.1. The maximum absolute atomic E-state index is 13.1. The number of aromatic nitrogens is 1. The van der Waals surface area contributed by atoms with Crippen molar-refractivity contribution in [1.29, 1.82) is 0 Å². The number of ether oxygens (including phenoxy) is 1. The number of carbonyl (C=O) groups is 2. The maximum Gasteiger partial charge on any atom is 0.290 e. The second-order valence-electron chi connectivity index (χ2n) is 7.03. The minimum absolute atomic E-state index is 0.113. The van der Waals surface area contributed by atoms with Gasteiger partial charge in [-0.15, -0.1) is 11.3 Å². The van der Waals surface area contributed by atoms with Crippen molar-refractivity contribution in [3.8, 4) is 0 Å². The van der Waals surface area contributed by atoms with Crippen molar-refractivity contribution >= 4 is 23.0 Å². The van der Waals surface area contributed by atoms with Crippen LogP contribution in [0.4, 0.5) is 0 Å². The standard InChI is InChI=1S/C21H23N3O4S/c25-19(16-6-3-14-29-16)17-18(15-5-1-2-7-22-15)24(21(27)20(17)26)9-4-8-23-10-12-28-13-11-23/h1-3,5-7,14,18,26H,4,8-13H2/t18-/m1/s1. The Morgan fingerprint density at radius 3 is 2.72 bits per heavy atom. The number of nitrogens with zero attached hydrogens (tertiary/aromatic N) is 3. The van der Waals surface area contributed by atoms with Crippen LogP contribution in [0.25, 0.3) is 0 Å². The number of morpholine rings is 1. The van der Waals surface area contributed by atoms with Gasteiger partial charge in [0, 0.05) is 32.4 Å². The molecule has 2 aliphatic rings. The van der Waals surface area contributed by atoms with Crippen LogP contribution < -0.4 is 0 Å². The Morgan fingerprint density at radius 1 is 1.21 bits per heavy atom. The Labute approximate surface area is 173 Å². The van der Waals surface area contributed by atoms with Gasteiger partial charge in [0.05, 0.1) is 29.4 Å². The molecule has 1 N–H and O–H groups in total. The lowest BCUT2D eigenvalue weighted by Gasteiger charge is -2.29. The molecule has 29 heavy (non-hydrogen) atoms. The molecular formula is C21H23N3O4S. The lowest BCUT2D eigenvalue weighted by molar-refractivity contribution is -0.129. The molecule has 0 unspecified atom stereocenters. The van der Waals surface area contributed by atoms with Gasteiger partial charge in [-0.05, 0) is 30.0 Å². The molecule has 152 valence electrons. The van der Waals surface area contributed by atoms with E-state index in [4.69, 9.17) is 4.74 Å². The maximum atomic E-state index is 13.1. The number of pyridine rings is 1. The smallest absolute Gasteiger partial charge is 0.290 e. The van der Waals surface area contributed by atoms with E-state index in [0.29, 0.717) is 17.1 Å². The summed E-state index contributed by atoms with van der Waals surface area (Å²) in [5.41, 5.74) is 0.693. The molecule has 2 aliphatic heterocycles. The van der Waals surface area contributed by atoms with Crippen molar-refractivity contribution in [1.82, 2.24) is 14.8 Å². The molecule has 1 atom stereocenters. The van der Waals surface area contributed by atoms with Gasteiger partial charge in [-0.2, -0.15) is 0 Å². The quantitative estimate of drug-likeness (QED) is 0.702. The summed E-state index contributed by atoms with van der Waals surface area (Å²) in [6, 6.07) is 8.20. The fourth-order valence-corrected chi connectivity index (χ4v) is 4.47. The van der Waals surface area contributed by atoms with Gasteiger partial charge in [0.2, 0.25) is 5.78 Å². The molecule has 2 aromatic heterocycles. The van der Waals surface area contributed by atoms with Crippen molar-refractivity contribution in [2.45, 2.75) is 12.5 Å². The van der Waals surface area contributed by atoms with E-state index >= 15 is 0 Å². The van der Waals surface area contributed by atoms with Crippen LogP contribution in [-0.4, -0.2) is 71.0 Å². The fourth-order valence-electron chi connectivity index (χ4n) is 3.79. The molecule has 4 heterocycles. The lowest BCUT2D eigenvalue weighted by Crippen LogP contribution is -2.39. The number of Topliss-reactive ketones (excluding diaryl/α,β-unsaturated/α-hetero) is 1. The van der Waals surface area contributed by atoms with Crippen molar-refractivity contribution in [2.24, 2.45) is 0 Å².